The molecule has 0 radical (unpaired) electrons. The highest BCUT2D eigenvalue weighted by Gasteiger charge is 2.36. The normalized spacial score (nSPS) is 13.9. The highest BCUT2D eigenvalue weighted by Crippen LogP contribution is 2.33. The van der Waals surface area contributed by atoms with E-state index in [1.54, 1.807) is 0 Å². The number of alkyl halides is 4. The lowest BCUT2D eigenvalue weighted by Crippen LogP contribution is -2.38. The highest BCUT2D eigenvalue weighted by molar-refractivity contribution is 9.10. The Hall–Kier alpha value is -1.73. The third-order valence-electron chi connectivity index (χ3n) is 2.86. The van der Waals surface area contributed by atoms with Gasteiger partial charge < -0.3 is 9.47 Å². The molecular formula is C16H11BrClF3O3. The number of rotatable bonds is 4. The molecule has 0 aliphatic rings. The van der Waals surface area contributed by atoms with Gasteiger partial charge in [0, 0.05) is 5.02 Å². The zero-order valence-electron chi connectivity index (χ0n) is 12.2. The minimum Gasteiger partial charge on any atom is -0.465 e. The molecule has 0 saturated carbocycles. The first kappa shape index (κ1) is 18.6. The summed E-state index contributed by atoms with van der Waals surface area (Å²) in [5.74, 6) is -0.734. The molecule has 0 aliphatic heterocycles. The maximum Gasteiger partial charge on any atom is 0.416 e. The minimum atomic E-state index is -4.51. The smallest absolute Gasteiger partial charge is 0.416 e. The van der Waals surface area contributed by atoms with E-state index >= 15 is 0 Å². The molecule has 0 N–H and O–H groups in total. The molecule has 2 rings (SSSR count). The molecule has 0 amide bonds. The van der Waals surface area contributed by atoms with Crippen LogP contribution >= 0.6 is 27.5 Å². The van der Waals surface area contributed by atoms with Gasteiger partial charge in [0.15, 0.2) is 0 Å². The van der Waals surface area contributed by atoms with E-state index in [1.165, 1.54) is 43.3 Å². The molecule has 0 spiro atoms. The van der Waals surface area contributed by atoms with Crippen LogP contribution in [0.15, 0.2) is 48.5 Å². The van der Waals surface area contributed by atoms with Crippen LogP contribution in [-0.2, 0) is 11.0 Å². The number of carbonyl (C=O) groups excluding carboxylic acids is 1. The van der Waals surface area contributed by atoms with Crippen LogP contribution in [0.25, 0.3) is 0 Å². The van der Waals surface area contributed by atoms with E-state index in [1.807, 2.05) is 0 Å². The molecule has 0 heterocycles. The first-order chi connectivity index (χ1) is 11.1. The standard InChI is InChI=1S/C16H11BrClF3O3/c1-15(17,14(22)23-12-7-5-11(18)6-8-12)24-13-4-2-3-10(9-13)16(19,20)21/h2-9H,1H3. The molecule has 0 saturated heterocycles. The highest BCUT2D eigenvalue weighted by atomic mass is 79.9. The Bertz CT molecular complexity index is 730. The molecule has 2 aromatic carbocycles. The lowest BCUT2D eigenvalue weighted by atomic mass is 10.2. The van der Waals surface area contributed by atoms with Crippen molar-refractivity contribution < 1.29 is 27.4 Å². The van der Waals surface area contributed by atoms with Gasteiger partial charge in [-0.25, -0.2) is 4.79 Å². The van der Waals surface area contributed by atoms with E-state index in [0.717, 1.165) is 12.1 Å². The molecule has 24 heavy (non-hydrogen) atoms. The van der Waals surface area contributed by atoms with Crippen molar-refractivity contribution in [1.82, 2.24) is 0 Å². The predicted octanol–water partition coefficient (Wildman–Crippen LogP) is 5.45. The summed E-state index contributed by atoms with van der Waals surface area (Å²) >= 11 is 8.76. The number of halogens is 5. The maximum absolute atomic E-state index is 12.7. The lowest BCUT2D eigenvalue weighted by Gasteiger charge is -2.22. The number of benzene rings is 2. The second-order valence-corrected chi connectivity index (χ2v) is 6.84. The number of esters is 1. The Morgan fingerprint density at radius 3 is 2.29 bits per heavy atom. The molecule has 128 valence electrons. The number of hydrogen-bond donors (Lipinski definition) is 0. The van der Waals surface area contributed by atoms with E-state index in [0.29, 0.717) is 5.02 Å². The molecule has 0 aromatic heterocycles. The predicted molar refractivity (Wildman–Crippen MR) is 86.5 cm³/mol. The number of hydrogen-bond acceptors (Lipinski definition) is 3. The zero-order valence-corrected chi connectivity index (χ0v) is 14.6. The van der Waals surface area contributed by atoms with Crippen molar-refractivity contribution in [2.45, 2.75) is 17.6 Å². The van der Waals surface area contributed by atoms with E-state index in [9.17, 15) is 18.0 Å². The van der Waals surface area contributed by atoms with Crippen molar-refractivity contribution in [3.63, 3.8) is 0 Å². The van der Waals surface area contributed by atoms with Crippen LogP contribution in [0.3, 0.4) is 0 Å². The Kier molecular flexibility index (Phi) is 5.45. The van der Waals surface area contributed by atoms with Crippen LogP contribution in [0.4, 0.5) is 13.2 Å². The van der Waals surface area contributed by atoms with Gasteiger partial charge in [-0.1, -0.05) is 17.7 Å². The van der Waals surface area contributed by atoms with Crippen LogP contribution < -0.4 is 9.47 Å². The third-order valence-corrected chi connectivity index (χ3v) is 3.60. The van der Waals surface area contributed by atoms with Crippen molar-refractivity contribution in [2.75, 3.05) is 0 Å². The summed E-state index contributed by atoms with van der Waals surface area (Å²) in [6, 6.07) is 10.2. The van der Waals surface area contributed by atoms with Gasteiger partial charge in [0.2, 0.25) is 0 Å². The van der Waals surface area contributed by atoms with Crippen LogP contribution in [-0.4, -0.2) is 10.5 Å². The van der Waals surface area contributed by atoms with Gasteiger partial charge in [-0.15, -0.1) is 0 Å². The monoisotopic (exact) mass is 422 g/mol. The van der Waals surface area contributed by atoms with E-state index < -0.39 is 22.2 Å². The second kappa shape index (κ2) is 7.03. The summed E-state index contributed by atoms with van der Waals surface area (Å²) in [6.07, 6.45) is -4.51. The molecule has 8 heteroatoms. The summed E-state index contributed by atoms with van der Waals surface area (Å²) < 4.78 is 46.9. The van der Waals surface area contributed by atoms with Gasteiger partial charge in [-0.2, -0.15) is 13.2 Å². The molecular weight excluding hydrogens is 413 g/mol. The molecule has 0 bridgehead atoms. The fourth-order valence-electron chi connectivity index (χ4n) is 1.70. The quantitative estimate of drug-likeness (QED) is 0.372. The Morgan fingerprint density at radius 2 is 1.71 bits per heavy atom. The van der Waals surface area contributed by atoms with Crippen LogP contribution in [0.2, 0.25) is 5.02 Å². The number of carbonyl (C=O) groups is 1. The first-order valence-electron chi connectivity index (χ1n) is 6.61. The summed E-state index contributed by atoms with van der Waals surface area (Å²) in [4.78, 5) is 12.2. The van der Waals surface area contributed by atoms with Crippen LogP contribution in [0.1, 0.15) is 12.5 Å². The third kappa shape index (κ3) is 4.88. The largest absolute Gasteiger partial charge is 0.465 e. The molecule has 2 aromatic rings. The summed E-state index contributed by atoms with van der Waals surface area (Å²) in [5, 5.41) is 0.469. The van der Waals surface area contributed by atoms with E-state index in [-0.39, 0.29) is 11.5 Å². The Labute approximate surface area is 149 Å². The second-order valence-electron chi connectivity index (χ2n) is 4.89. The summed E-state index contributed by atoms with van der Waals surface area (Å²) in [7, 11) is 0. The topological polar surface area (TPSA) is 35.5 Å². The van der Waals surface area contributed by atoms with Gasteiger partial charge in [0.1, 0.15) is 11.5 Å². The Morgan fingerprint density at radius 1 is 1.08 bits per heavy atom. The number of ether oxygens (including phenoxy) is 2. The zero-order chi connectivity index (χ0) is 18.0. The van der Waals surface area contributed by atoms with Crippen LogP contribution in [0, 0.1) is 0 Å². The fraction of sp³-hybridized carbons (Fsp3) is 0.188. The van der Waals surface area contributed by atoms with Crippen molar-refractivity contribution in [3.8, 4) is 11.5 Å². The van der Waals surface area contributed by atoms with E-state index in [2.05, 4.69) is 15.9 Å². The van der Waals surface area contributed by atoms with Gasteiger partial charge >= 0.3 is 12.1 Å². The van der Waals surface area contributed by atoms with Crippen molar-refractivity contribution >= 4 is 33.5 Å². The molecule has 1 unspecified atom stereocenters. The van der Waals surface area contributed by atoms with Gasteiger partial charge in [0.25, 0.3) is 4.51 Å². The van der Waals surface area contributed by atoms with Crippen LogP contribution in [0.5, 0.6) is 11.5 Å². The van der Waals surface area contributed by atoms with Crippen molar-refractivity contribution in [3.05, 3.63) is 59.1 Å². The summed E-state index contributed by atoms with van der Waals surface area (Å²) in [6.45, 7) is 1.32. The van der Waals surface area contributed by atoms with Gasteiger partial charge in [-0.05, 0) is 65.3 Å². The molecule has 1 atom stereocenters. The molecule has 0 aliphatic carbocycles. The first-order valence-corrected chi connectivity index (χ1v) is 7.78. The average Bonchev–Trinajstić information content (AvgIpc) is 2.48. The lowest BCUT2D eigenvalue weighted by molar-refractivity contribution is -0.143. The SMILES string of the molecule is CC(Br)(Oc1cccc(C(F)(F)F)c1)C(=O)Oc1ccc(Cl)cc1. The molecule has 3 nitrogen and oxygen atoms in total. The van der Waals surface area contributed by atoms with Crippen molar-refractivity contribution in [1.29, 1.82) is 0 Å². The summed E-state index contributed by atoms with van der Waals surface area (Å²) in [5.41, 5.74) is -0.880. The van der Waals surface area contributed by atoms with Gasteiger partial charge in [0.05, 0.1) is 5.56 Å². The molecule has 0 fully saturated rings. The van der Waals surface area contributed by atoms with E-state index in [4.69, 9.17) is 21.1 Å². The van der Waals surface area contributed by atoms with Crippen molar-refractivity contribution in [2.24, 2.45) is 0 Å². The Balaban J connectivity index is 2.12. The fourth-order valence-corrected chi connectivity index (χ4v) is 2.09. The van der Waals surface area contributed by atoms with Gasteiger partial charge in [-0.3, -0.25) is 0 Å². The average molecular weight is 424 g/mol. The minimum absolute atomic E-state index is 0.128. The maximum atomic E-state index is 12.7.